The second kappa shape index (κ2) is 8.45. The van der Waals surface area contributed by atoms with Crippen molar-refractivity contribution in [1.82, 2.24) is 14.7 Å². The minimum Gasteiger partial charge on any atom is -0.392 e. The first-order valence-corrected chi connectivity index (χ1v) is 11.4. The summed E-state index contributed by atoms with van der Waals surface area (Å²) in [5.74, 6) is 0. The molecule has 3 saturated heterocycles. The molecule has 4 nitrogen and oxygen atoms in total. The molecule has 3 aliphatic heterocycles. The van der Waals surface area contributed by atoms with E-state index in [-0.39, 0.29) is 11.6 Å². The molecule has 1 N–H and O–H groups in total. The highest BCUT2D eigenvalue weighted by Crippen LogP contribution is 2.39. The number of rotatable bonds is 5. The van der Waals surface area contributed by atoms with Gasteiger partial charge in [0.05, 0.1) is 17.2 Å². The van der Waals surface area contributed by atoms with E-state index in [0.29, 0.717) is 12.6 Å². The summed E-state index contributed by atoms with van der Waals surface area (Å²) in [6.45, 7) is 6.14. The monoisotopic (exact) mass is 445 g/mol. The third-order valence-corrected chi connectivity index (χ3v) is 7.27. The molecule has 0 unspecified atom stereocenters. The van der Waals surface area contributed by atoms with Crippen LogP contribution in [0.1, 0.15) is 23.1 Å². The number of aliphatic hydroxyl groups excluding tert-OH is 1. The summed E-state index contributed by atoms with van der Waals surface area (Å²) in [6.07, 6.45) is -2.73. The molecule has 7 heteroatoms. The zero-order chi connectivity index (χ0) is 22.3. The molecule has 0 saturated carbocycles. The Morgan fingerprint density at radius 3 is 2.25 bits per heavy atom. The van der Waals surface area contributed by atoms with Gasteiger partial charge in [0.2, 0.25) is 0 Å². The normalized spacial score (nSPS) is 26.2. The maximum absolute atomic E-state index is 12.8. The van der Waals surface area contributed by atoms with Gasteiger partial charge in [-0.25, -0.2) is 0 Å². The zero-order valence-electron chi connectivity index (χ0n) is 18.1. The molecule has 3 fully saturated rings. The van der Waals surface area contributed by atoms with Crippen molar-refractivity contribution in [3.05, 3.63) is 71.3 Å². The number of halogens is 3. The Balaban J connectivity index is 1.22. The number of alkyl halides is 3. The Morgan fingerprint density at radius 2 is 1.56 bits per heavy atom. The van der Waals surface area contributed by atoms with E-state index in [4.69, 9.17) is 0 Å². The van der Waals surface area contributed by atoms with E-state index in [9.17, 15) is 18.3 Å². The Labute approximate surface area is 187 Å². The van der Waals surface area contributed by atoms with Crippen molar-refractivity contribution in [1.29, 1.82) is 0 Å². The molecule has 2 atom stereocenters. The molecule has 1 spiro atoms. The number of fused-ring (bicyclic) bond motifs is 2. The second-order valence-electron chi connectivity index (χ2n) is 9.73. The van der Waals surface area contributed by atoms with Gasteiger partial charge >= 0.3 is 6.18 Å². The van der Waals surface area contributed by atoms with E-state index in [1.165, 1.54) is 17.7 Å². The average molecular weight is 446 g/mol. The lowest BCUT2D eigenvalue weighted by molar-refractivity contribution is -0.137. The van der Waals surface area contributed by atoms with Crippen LogP contribution in [0.4, 0.5) is 13.2 Å². The van der Waals surface area contributed by atoms with Gasteiger partial charge in [0, 0.05) is 51.9 Å². The highest BCUT2D eigenvalue weighted by molar-refractivity contribution is 5.25. The molecule has 0 bridgehead atoms. The van der Waals surface area contributed by atoms with Crippen molar-refractivity contribution in [2.75, 3.05) is 39.3 Å². The number of benzene rings is 2. The summed E-state index contributed by atoms with van der Waals surface area (Å²) in [4.78, 5) is 7.37. The highest BCUT2D eigenvalue weighted by atomic mass is 19.4. The van der Waals surface area contributed by atoms with Crippen LogP contribution in [0.5, 0.6) is 0 Å². The fourth-order valence-corrected chi connectivity index (χ4v) is 5.85. The van der Waals surface area contributed by atoms with Crippen molar-refractivity contribution >= 4 is 0 Å². The third kappa shape index (κ3) is 4.44. The maximum atomic E-state index is 12.8. The lowest BCUT2D eigenvalue weighted by atomic mass is 9.83. The van der Waals surface area contributed by atoms with Gasteiger partial charge in [-0.3, -0.25) is 14.7 Å². The quantitative estimate of drug-likeness (QED) is 0.766. The van der Waals surface area contributed by atoms with E-state index in [1.807, 2.05) is 6.07 Å². The molecule has 32 heavy (non-hydrogen) atoms. The SMILES string of the molecule is O[C@@H]1C[C@H]2CN(CCc3ccccc3)CC3(CN(Cc4ccc(C(F)(F)F)cc4)C3)N2C1. The minimum atomic E-state index is -4.30. The van der Waals surface area contributed by atoms with Gasteiger partial charge in [0.15, 0.2) is 0 Å². The standard InChI is InChI=1S/C25H30F3N3O/c26-25(27,28)21-8-6-20(7-9-21)13-30-17-24(18-30)16-29(11-10-19-4-2-1-3-5-19)14-22-12-23(32)15-31(22)24/h1-9,22-23,32H,10-18H2/t22-,23+/m0/s1. The number of piperazine rings is 1. The van der Waals surface area contributed by atoms with Crippen molar-refractivity contribution < 1.29 is 18.3 Å². The number of hydrogen-bond donors (Lipinski definition) is 1. The van der Waals surface area contributed by atoms with Gasteiger partial charge in [0.25, 0.3) is 0 Å². The topological polar surface area (TPSA) is 30.0 Å². The predicted octanol–water partition coefficient (Wildman–Crippen LogP) is 3.25. The molecular weight excluding hydrogens is 415 g/mol. The molecule has 0 aliphatic carbocycles. The minimum absolute atomic E-state index is 0.0307. The number of likely N-dealkylation sites (tertiary alicyclic amines) is 1. The molecule has 0 amide bonds. The Morgan fingerprint density at radius 1 is 0.875 bits per heavy atom. The first-order chi connectivity index (χ1) is 15.3. The van der Waals surface area contributed by atoms with E-state index < -0.39 is 11.7 Å². The molecule has 3 heterocycles. The Bertz CT molecular complexity index is 912. The summed E-state index contributed by atoms with van der Waals surface area (Å²) < 4.78 is 38.5. The van der Waals surface area contributed by atoms with Gasteiger partial charge in [-0.05, 0) is 36.1 Å². The zero-order valence-corrected chi connectivity index (χ0v) is 18.1. The highest BCUT2D eigenvalue weighted by Gasteiger charge is 2.55. The molecule has 2 aromatic rings. The number of nitrogens with zero attached hydrogens (tertiary/aromatic N) is 3. The summed E-state index contributed by atoms with van der Waals surface area (Å²) in [6, 6.07) is 16.4. The van der Waals surface area contributed by atoms with Gasteiger partial charge in [-0.1, -0.05) is 42.5 Å². The van der Waals surface area contributed by atoms with Gasteiger partial charge in [-0.15, -0.1) is 0 Å². The number of aliphatic hydroxyl groups is 1. The van der Waals surface area contributed by atoms with Crippen molar-refractivity contribution in [3.8, 4) is 0 Å². The van der Waals surface area contributed by atoms with Crippen LogP contribution in [0.2, 0.25) is 0 Å². The number of hydrogen-bond acceptors (Lipinski definition) is 4. The molecular formula is C25H30F3N3O. The molecule has 172 valence electrons. The summed E-state index contributed by atoms with van der Waals surface area (Å²) in [5, 5.41) is 10.3. The van der Waals surface area contributed by atoms with Gasteiger partial charge in [-0.2, -0.15) is 13.2 Å². The van der Waals surface area contributed by atoms with Crippen LogP contribution in [-0.4, -0.2) is 76.8 Å². The molecule has 5 rings (SSSR count). The van der Waals surface area contributed by atoms with Gasteiger partial charge < -0.3 is 5.11 Å². The van der Waals surface area contributed by atoms with E-state index in [0.717, 1.165) is 57.7 Å². The smallest absolute Gasteiger partial charge is 0.392 e. The molecule has 3 aliphatic rings. The van der Waals surface area contributed by atoms with Crippen LogP contribution in [0.25, 0.3) is 0 Å². The van der Waals surface area contributed by atoms with Crippen molar-refractivity contribution in [2.24, 2.45) is 0 Å². The Hall–Kier alpha value is -1.93. The van der Waals surface area contributed by atoms with Crippen LogP contribution >= 0.6 is 0 Å². The fraction of sp³-hybridized carbons (Fsp3) is 0.520. The van der Waals surface area contributed by atoms with E-state index >= 15 is 0 Å². The van der Waals surface area contributed by atoms with E-state index in [2.05, 4.69) is 39.0 Å². The maximum Gasteiger partial charge on any atom is 0.416 e. The summed E-state index contributed by atoms with van der Waals surface area (Å²) in [5.41, 5.74) is 1.68. The van der Waals surface area contributed by atoms with Crippen molar-refractivity contribution in [3.63, 3.8) is 0 Å². The average Bonchev–Trinajstić information content (AvgIpc) is 3.12. The Kier molecular flexibility index (Phi) is 5.78. The first kappa shape index (κ1) is 21.9. The fourth-order valence-electron chi connectivity index (χ4n) is 5.85. The lowest BCUT2D eigenvalue weighted by Crippen LogP contribution is -2.77. The lowest BCUT2D eigenvalue weighted by Gasteiger charge is -2.61. The third-order valence-electron chi connectivity index (χ3n) is 7.27. The van der Waals surface area contributed by atoms with Crippen molar-refractivity contribution in [2.45, 2.75) is 43.2 Å². The molecule has 0 radical (unpaired) electrons. The van der Waals surface area contributed by atoms with Crippen LogP contribution in [0.3, 0.4) is 0 Å². The largest absolute Gasteiger partial charge is 0.416 e. The second-order valence-corrected chi connectivity index (χ2v) is 9.73. The number of β-amino-alcohol motifs (C(OH)–C–C–N with tert-alkyl or cyclic N) is 1. The predicted molar refractivity (Wildman–Crippen MR) is 117 cm³/mol. The first-order valence-electron chi connectivity index (χ1n) is 11.4. The molecule has 0 aromatic heterocycles. The molecule has 2 aromatic carbocycles. The van der Waals surface area contributed by atoms with Crippen LogP contribution < -0.4 is 0 Å². The van der Waals surface area contributed by atoms with Crippen LogP contribution in [-0.2, 0) is 19.1 Å². The summed E-state index contributed by atoms with van der Waals surface area (Å²) in [7, 11) is 0. The van der Waals surface area contributed by atoms with Crippen LogP contribution in [0.15, 0.2) is 54.6 Å². The van der Waals surface area contributed by atoms with Gasteiger partial charge in [0.1, 0.15) is 0 Å². The van der Waals surface area contributed by atoms with E-state index in [1.54, 1.807) is 12.1 Å². The van der Waals surface area contributed by atoms with Crippen LogP contribution in [0, 0.1) is 0 Å². The summed E-state index contributed by atoms with van der Waals surface area (Å²) >= 11 is 0.